The third-order valence-electron chi connectivity index (χ3n) is 3.41. The van der Waals surface area contributed by atoms with Crippen molar-refractivity contribution in [1.29, 1.82) is 0 Å². The zero-order valence-corrected chi connectivity index (χ0v) is 12.7. The second kappa shape index (κ2) is 5.05. The molecule has 1 saturated heterocycles. The highest BCUT2D eigenvalue weighted by atomic mass is 16.5. The SMILES string of the molecule is Cc1cc(C)c(C(=O)O)c(N2CC(C)OC(C)(C)C2)n1. The van der Waals surface area contributed by atoms with Gasteiger partial charge in [0.25, 0.3) is 0 Å². The molecule has 0 saturated carbocycles. The van der Waals surface area contributed by atoms with Crippen LogP contribution in [0.5, 0.6) is 0 Å². The number of aryl methyl sites for hydroxylation is 2. The average molecular weight is 278 g/mol. The number of carboxylic acid groups (broad SMARTS) is 1. The Morgan fingerprint density at radius 3 is 2.70 bits per heavy atom. The molecule has 0 bridgehead atoms. The van der Waals surface area contributed by atoms with Gasteiger partial charge in [-0.05, 0) is 46.2 Å². The smallest absolute Gasteiger partial charge is 0.339 e. The lowest BCUT2D eigenvalue weighted by molar-refractivity contribution is -0.0752. The molecule has 110 valence electrons. The van der Waals surface area contributed by atoms with Crippen molar-refractivity contribution in [2.75, 3.05) is 18.0 Å². The number of pyridine rings is 1. The summed E-state index contributed by atoms with van der Waals surface area (Å²) in [6.45, 7) is 11.0. The van der Waals surface area contributed by atoms with Crippen molar-refractivity contribution in [2.45, 2.75) is 46.3 Å². The van der Waals surface area contributed by atoms with E-state index in [2.05, 4.69) is 4.98 Å². The van der Waals surface area contributed by atoms with E-state index in [0.717, 1.165) is 11.3 Å². The van der Waals surface area contributed by atoms with Crippen LogP contribution >= 0.6 is 0 Å². The molecule has 5 heteroatoms. The van der Waals surface area contributed by atoms with Gasteiger partial charge in [-0.3, -0.25) is 0 Å². The van der Waals surface area contributed by atoms with Crippen LogP contribution in [0.4, 0.5) is 5.82 Å². The van der Waals surface area contributed by atoms with Crippen molar-refractivity contribution in [3.05, 3.63) is 22.9 Å². The molecule has 1 unspecified atom stereocenters. The van der Waals surface area contributed by atoms with E-state index in [4.69, 9.17) is 4.74 Å². The summed E-state index contributed by atoms with van der Waals surface area (Å²) in [7, 11) is 0. The number of anilines is 1. The fourth-order valence-electron chi connectivity index (χ4n) is 2.93. The maximum atomic E-state index is 11.5. The van der Waals surface area contributed by atoms with Crippen molar-refractivity contribution < 1.29 is 14.6 Å². The number of carbonyl (C=O) groups is 1. The third kappa shape index (κ3) is 2.93. The van der Waals surface area contributed by atoms with Gasteiger partial charge in [0.2, 0.25) is 0 Å². The van der Waals surface area contributed by atoms with Gasteiger partial charge in [-0.15, -0.1) is 0 Å². The Morgan fingerprint density at radius 1 is 1.50 bits per heavy atom. The van der Waals surface area contributed by atoms with Crippen LogP contribution in [0.25, 0.3) is 0 Å². The van der Waals surface area contributed by atoms with Crippen molar-refractivity contribution in [3.8, 4) is 0 Å². The Hall–Kier alpha value is -1.62. The predicted octanol–water partition coefficient (Wildman–Crippen LogP) is 2.40. The quantitative estimate of drug-likeness (QED) is 0.900. The van der Waals surface area contributed by atoms with E-state index in [-0.39, 0.29) is 11.7 Å². The Bertz CT molecular complexity index is 540. The summed E-state index contributed by atoms with van der Waals surface area (Å²) >= 11 is 0. The highest BCUT2D eigenvalue weighted by molar-refractivity contribution is 5.95. The maximum Gasteiger partial charge on any atom is 0.339 e. The van der Waals surface area contributed by atoms with E-state index >= 15 is 0 Å². The summed E-state index contributed by atoms with van der Waals surface area (Å²) in [4.78, 5) is 18.0. The normalized spacial score (nSPS) is 21.9. The van der Waals surface area contributed by atoms with Crippen LogP contribution in [-0.2, 0) is 4.74 Å². The average Bonchev–Trinajstić information content (AvgIpc) is 2.24. The lowest BCUT2D eigenvalue weighted by Gasteiger charge is -2.42. The molecule has 20 heavy (non-hydrogen) atoms. The molecule has 0 aromatic carbocycles. The second-order valence-corrected chi connectivity index (χ2v) is 6.15. The van der Waals surface area contributed by atoms with E-state index in [1.165, 1.54) is 0 Å². The molecule has 1 atom stereocenters. The van der Waals surface area contributed by atoms with Gasteiger partial charge >= 0.3 is 5.97 Å². The zero-order chi connectivity index (χ0) is 15.1. The van der Waals surface area contributed by atoms with Crippen molar-refractivity contribution in [2.24, 2.45) is 0 Å². The number of hydrogen-bond donors (Lipinski definition) is 1. The van der Waals surface area contributed by atoms with E-state index in [9.17, 15) is 9.90 Å². The van der Waals surface area contributed by atoms with Crippen LogP contribution in [0.15, 0.2) is 6.07 Å². The van der Waals surface area contributed by atoms with Crippen molar-refractivity contribution in [3.63, 3.8) is 0 Å². The number of aromatic nitrogens is 1. The molecule has 1 aromatic rings. The first-order valence-electron chi connectivity index (χ1n) is 6.84. The van der Waals surface area contributed by atoms with Crippen LogP contribution in [0.2, 0.25) is 0 Å². The van der Waals surface area contributed by atoms with Crippen LogP contribution < -0.4 is 4.90 Å². The summed E-state index contributed by atoms with van der Waals surface area (Å²) in [6, 6.07) is 1.81. The second-order valence-electron chi connectivity index (χ2n) is 6.15. The predicted molar refractivity (Wildman–Crippen MR) is 77.5 cm³/mol. The summed E-state index contributed by atoms with van der Waals surface area (Å²) in [5.74, 6) is -0.375. The minimum atomic E-state index is -0.929. The number of ether oxygens (including phenoxy) is 1. The molecular weight excluding hydrogens is 256 g/mol. The largest absolute Gasteiger partial charge is 0.478 e. The molecule has 0 radical (unpaired) electrons. The standard InChI is InChI=1S/C15H22N2O3/c1-9-6-10(2)16-13(12(9)14(18)19)17-7-11(3)20-15(4,5)8-17/h6,11H,7-8H2,1-5H3,(H,18,19). The zero-order valence-electron chi connectivity index (χ0n) is 12.7. The van der Waals surface area contributed by atoms with Crippen LogP contribution in [0, 0.1) is 13.8 Å². The minimum absolute atomic E-state index is 0.0445. The third-order valence-corrected chi connectivity index (χ3v) is 3.41. The Kier molecular flexibility index (Phi) is 3.73. The topological polar surface area (TPSA) is 62.7 Å². The molecule has 1 aromatic heterocycles. The molecule has 0 aliphatic carbocycles. The number of morpholine rings is 1. The number of hydrogen-bond acceptors (Lipinski definition) is 4. The maximum absolute atomic E-state index is 11.5. The molecule has 2 heterocycles. The highest BCUT2D eigenvalue weighted by Gasteiger charge is 2.34. The van der Waals surface area contributed by atoms with Gasteiger partial charge in [0, 0.05) is 18.8 Å². The lowest BCUT2D eigenvalue weighted by Crippen LogP contribution is -2.52. The van der Waals surface area contributed by atoms with E-state index in [1.54, 1.807) is 0 Å². The van der Waals surface area contributed by atoms with E-state index in [1.807, 2.05) is 45.6 Å². The fraction of sp³-hybridized carbons (Fsp3) is 0.600. The van der Waals surface area contributed by atoms with Gasteiger partial charge in [0.15, 0.2) is 0 Å². The summed E-state index contributed by atoms with van der Waals surface area (Å²) < 4.78 is 5.87. The van der Waals surface area contributed by atoms with E-state index < -0.39 is 5.97 Å². The minimum Gasteiger partial charge on any atom is -0.478 e. The molecule has 0 spiro atoms. The summed E-state index contributed by atoms with van der Waals surface area (Å²) in [6.07, 6.45) is 0.0445. The number of rotatable bonds is 2. The fourth-order valence-corrected chi connectivity index (χ4v) is 2.93. The highest BCUT2D eigenvalue weighted by Crippen LogP contribution is 2.29. The number of aromatic carboxylic acids is 1. The van der Waals surface area contributed by atoms with Crippen molar-refractivity contribution in [1.82, 2.24) is 4.98 Å². The Morgan fingerprint density at radius 2 is 2.15 bits per heavy atom. The molecular formula is C15H22N2O3. The lowest BCUT2D eigenvalue weighted by atomic mass is 10.0. The van der Waals surface area contributed by atoms with Crippen LogP contribution in [0.1, 0.15) is 42.4 Å². The van der Waals surface area contributed by atoms with Crippen LogP contribution in [-0.4, -0.2) is 40.9 Å². The molecule has 5 nitrogen and oxygen atoms in total. The molecule has 1 fully saturated rings. The summed E-state index contributed by atoms with van der Waals surface area (Å²) in [5, 5.41) is 9.47. The van der Waals surface area contributed by atoms with Gasteiger partial charge < -0.3 is 14.7 Å². The van der Waals surface area contributed by atoms with Gasteiger partial charge in [-0.25, -0.2) is 9.78 Å². The van der Waals surface area contributed by atoms with Gasteiger partial charge in [0.1, 0.15) is 11.4 Å². The summed E-state index contributed by atoms with van der Waals surface area (Å²) in [5.41, 5.74) is 1.56. The monoisotopic (exact) mass is 278 g/mol. The first-order chi connectivity index (χ1) is 9.19. The molecule has 1 N–H and O–H groups in total. The molecule has 1 aliphatic rings. The Labute approximate surface area is 119 Å². The van der Waals surface area contributed by atoms with Crippen LogP contribution in [0.3, 0.4) is 0 Å². The van der Waals surface area contributed by atoms with E-state index in [0.29, 0.717) is 24.5 Å². The number of nitrogens with zero attached hydrogens (tertiary/aromatic N) is 2. The Balaban J connectivity index is 2.48. The first-order valence-corrected chi connectivity index (χ1v) is 6.84. The molecule has 2 rings (SSSR count). The number of carboxylic acids is 1. The molecule has 0 amide bonds. The van der Waals surface area contributed by atoms with Crippen molar-refractivity contribution >= 4 is 11.8 Å². The molecule has 1 aliphatic heterocycles. The first kappa shape index (κ1) is 14.8. The van der Waals surface area contributed by atoms with Gasteiger partial charge in [-0.1, -0.05) is 0 Å². The van der Waals surface area contributed by atoms with Gasteiger partial charge in [-0.2, -0.15) is 0 Å². The van der Waals surface area contributed by atoms with Gasteiger partial charge in [0.05, 0.1) is 11.7 Å².